The lowest BCUT2D eigenvalue weighted by Crippen LogP contribution is -2.20. The second-order valence-corrected chi connectivity index (χ2v) is 8.40. The highest BCUT2D eigenvalue weighted by Crippen LogP contribution is 2.50. The van der Waals surface area contributed by atoms with Gasteiger partial charge in [-0.25, -0.2) is 14.1 Å². The normalized spacial score (nSPS) is 27.7. The number of hydrogen-bond acceptors (Lipinski definition) is 8. The summed E-state index contributed by atoms with van der Waals surface area (Å²) in [5, 5.41) is 13.9. The standard InChI is InChI=1S/C16H22N5O5P/c1-10(2)26-27(22,23)24-7-11-6-16(3,8-17)14(25-11)12-4-5-13-15(18)19-9-20-21(12)13/h4-5,9-11,14H,6-7H2,1-3H3,(H,22,23)(H2,18,19,20). The number of rotatable bonds is 6. The lowest BCUT2D eigenvalue weighted by atomic mass is 9.82. The van der Waals surface area contributed by atoms with E-state index in [-0.39, 0.29) is 6.61 Å². The molecule has 1 saturated heterocycles. The third-order valence-corrected chi connectivity index (χ3v) is 5.53. The Hall–Kier alpha value is -2.02. The number of fused-ring (bicyclic) bond motifs is 1. The molecule has 1 fully saturated rings. The second kappa shape index (κ2) is 7.19. The summed E-state index contributed by atoms with van der Waals surface area (Å²) in [4.78, 5) is 13.7. The lowest BCUT2D eigenvalue weighted by Gasteiger charge is -2.21. The number of nitriles is 1. The zero-order valence-corrected chi connectivity index (χ0v) is 16.2. The van der Waals surface area contributed by atoms with Crippen molar-refractivity contribution in [2.45, 2.75) is 45.5 Å². The summed E-state index contributed by atoms with van der Waals surface area (Å²) in [5.41, 5.74) is 6.25. The number of hydrogen-bond donors (Lipinski definition) is 2. The highest BCUT2D eigenvalue weighted by molar-refractivity contribution is 7.47. The van der Waals surface area contributed by atoms with Crippen LogP contribution in [0.3, 0.4) is 0 Å². The van der Waals surface area contributed by atoms with Crippen molar-refractivity contribution in [2.75, 3.05) is 12.3 Å². The van der Waals surface area contributed by atoms with Gasteiger partial charge in [0.25, 0.3) is 0 Å². The van der Waals surface area contributed by atoms with E-state index in [0.717, 1.165) is 0 Å². The average Bonchev–Trinajstić information content (AvgIpc) is 3.14. The summed E-state index contributed by atoms with van der Waals surface area (Å²) < 4.78 is 29.4. The molecule has 3 rings (SSSR count). The molecule has 11 heteroatoms. The molecule has 3 N–H and O–H groups in total. The first-order chi connectivity index (χ1) is 12.6. The number of phosphoric acid groups is 1. The Kier molecular flexibility index (Phi) is 5.25. The molecule has 2 aromatic rings. The minimum absolute atomic E-state index is 0.172. The Balaban J connectivity index is 1.81. The number of anilines is 1. The zero-order valence-electron chi connectivity index (χ0n) is 15.3. The van der Waals surface area contributed by atoms with Crippen LogP contribution in [0.4, 0.5) is 5.82 Å². The van der Waals surface area contributed by atoms with Gasteiger partial charge in [-0.05, 0) is 39.3 Å². The molecule has 4 atom stereocenters. The molecule has 2 aromatic heterocycles. The van der Waals surface area contributed by atoms with Crippen molar-refractivity contribution in [1.82, 2.24) is 14.6 Å². The Morgan fingerprint density at radius 3 is 3.00 bits per heavy atom. The molecule has 0 aliphatic carbocycles. The van der Waals surface area contributed by atoms with Crippen LogP contribution in [0, 0.1) is 16.7 Å². The molecule has 3 heterocycles. The van der Waals surface area contributed by atoms with Crippen LogP contribution in [0.25, 0.3) is 5.52 Å². The number of ether oxygens (including phenoxy) is 1. The van der Waals surface area contributed by atoms with Crippen LogP contribution in [0.15, 0.2) is 18.5 Å². The Morgan fingerprint density at radius 1 is 1.59 bits per heavy atom. The van der Waals surface area contributed by atoms with Crippen molar-refractivity contribution in [3.8, 4) is 6.07 Å². The second-order valence-electron chi connectivity index (χ2n) is 6.99. The maximum Gasteiger partial charge on any atom is 0.472 e. The first-order valence-corrected chi connectivity index (χ1v) is 9.95. The SMILES string of the molecule is CC(C)OP(=O)(O)OCC1CC(C)(C#N)C(c2ccc3c(N)ncnn23)O1. The van der Waals surface area contributed by atoms with Gasteiger partial charge < -0.3 is 15.4 Å². The van der Waals surface area contributed by atoms with Crippen molar-refractivity contribution in [3.63, 3.8) is 0 Å². The molecule has 0 amide bonds. The molecule has 0 radical (unpaired) electrons. The predicted molar refractivity (Wildman–Crippen MR) is 95.3 cm³/mol. The van der Waals surface area contributed by atoms with E-state index in [0.29, 0.717) is 23.4 Å². The van der Waals surface area contributed by atoms with E-state index in [1.165, 1.54) is 6.33 Å². The van der Waals surface area contributed by atoms with Crippen LogP contribution in [-0.2, 0) is 18.3 Å². The molecule has 0 aromatic carbocycles. The van der Waals surface area contributed by atoms with Gasteiger partial charge in [0, 0.05) is 0 Å². The quantitative estimate of drug-likeness (QED) is 0.703. The maximum absolute atomic E-state index is 11.9. The molecule has 0 saturated carbocycles. The smallest absolute Gasteiger partial charge is 0.382 e. The van der Waals surface area contributed by atoms with Crippen LogP contribution >= 0.6 is 7.82 Å². The maximum atomic E-state index is 11.9. The van der Waals surface area contributed by atoms with Crippen LogP contribution in [0.5, 0.6) is 0 Å². The minimum Gasteiger partial charge on any atom is -0.382 e. The number of nitrogens with zero attached hydrogens (tertiary/aromatic N) is 4. The third kappa shape index (κ3) is 3.98. The van der Waals surface area contributed by atoms with Gasteiger partial charge in [-0.15, -0.1) is 0 Å². The van der Waals surface area contributed by atoms with Gasteiger partial charge in [0.2, 0.25) is 0 Å². The summed E-state index contributed by atoms with van der Waals surface area (Å²) in [7, 11) is -4.18. The van der Waals surface area contributed by atoms with Gasteiger partial charge in [0.1, 0.15) is 17.9 Å². The van der Waals surface area contributed by atoms with Crippen molar-refractivity contribution in [1.29, 1.82) is 5.26 Å². The monoisotopic (exact) mass is 395 g/mol. The summed E-state index contributed by atoms with van der Waals surface area (Å²) >= 11 is 0. The van der Waals surface area contributed by atoms with Crippen molar-refractivity contribution in [3.05, 3.63) is 24.2 Å². The Labute approximate surface area is 156 Å². The zero-order chi connectivity index (χ0) is 19.8. The Bertz CT molecular complexity index is 926. The molecule has 27 heavy (non-hydrogen) atoms. The lowest BCUT2D eigenvalue weighted by molar-refractivity contribution is -0.00789. The van der Waals surface area contributed by atoms with Gasteiger partial charge in [0.15, 0.2) is 5.82 Å². The number of nitrogens with two attached hydrogens (primary N) is 1. The topological polar surface area (TPSA) is 145 Å². The van der Waals surface area contributed by atoms with E-state index in [4.69, 9.17) is 19.5 Å². The fraction of sp³-hybridized carbons (Fsp3) is 0.562. The Morgan fingerprint density at radius 2 is 2.33 bits per heavy atom. The van der Waals surface area contributed by atoms with Gasteiger partial charge in [0.05, 0.1) is 36.0 Å². The molecule has 4 unspecified atom stereocenters. The third-order valence-electron chi connectivity index (χ3n) is 4.36. The van der Waals surface area contributed by atoms with Crippen LogP contribution in [0.2, 0.25) is 0 Å². The fourth-order valence-corrected chi connectivity index (χ4v) is 4.16. The molecular formula is C16H22N5O5P. The molecule has 0 spiro atoms. The molecule has 10 nitrogen and oxygen atoms in total. The van der Waals surface area contributed by atoms with E-state index < -0.39 is 31.5 Å². The minimum atomic E-state index is -4.18. The number of phosphoric ester groups is 1. The van der Waals surface area contributed by atoms with Gasteiger partial charge in [-0.2, -0.15) is 10.4 Å². The van der Waals surface area contributed by atoms with Gasteiger partial charge >= 0.3 is 7.82 Å². The molecule has 1 aliphatic rings. The molecule has 146 valence electrons. The predicted octanol–water partition coefficient (Wildman–Crippen LogP) is 2.21. The first kappa shape index (κ1) is 19.7. The van der Waals surface area contributed by atoms with Crippen molar-refractivity contribution < 1.29 is 23.2 Å². The molecular weight excluding hydrogens is 373 g/mol. The summed E-state index contributed by atoms with van der Waals surface area (Å²) in [5.74, 6) is 0.319. The van der Waals surface area contributed by atoms with E-state index in [1.807, 2.05) is 0 Å². The highest BCUT2D eigenvalue weighted by Gasteiger charge is 2.48. The van der Waals surface area contributed by atoms with Crippen LogP contribution < -0.4 is 5.73 Å². The van der Waals surface area contributed by atoms with E-state index in [2.05, 4.69) is 16.2 Å². The summed E-state index contributed by atoms with van der Waals surface area (Å²) in [6, 6.07) is 5.82. The number of aromatic nitrogens is 3. The van der Waals surface area contributed by atoms with Crippen molar-refractivity contribution >= 4 is 19.2 Å². The van der Waals surface area contributed by atoms with E-state index >= 15 is 0 Å². The van der Waals surface area contributed by atoms with Crippen LogP contribution in [-0.4, -0.2) is 38.3 Å². The highest BCUT2D eigenvalue weighted by atomic mass is 31.2. The van der Waals surface area contributed by atoms with Gasteiger partial charge in [-0.3, -0.25) is 9.05 Å². The number of nitrogen functional groups attached to an aromatic ring is 1. The first-order valence-electron chi connectivity index (χ1n) is 8.46. The molecule has 0 bridgehead atoms. The average molecular weight is 395 g/mol. The molecule has 1 aliphatic heterocycles. The van der Waals surface area contributed by atoms with E-state index in [1.54, 1.807) is 37.4 Å². The van der Waals surface area contributed by atoms with Crippen LogP contribution in [0.1, 0.15) is 39.0 Å². The van der Waals surface area contributed by atoms with Gasteiger partial charge in [-0.1, -0.05) is 0 Å². The fourth-order valence-electron chi connectivity index (χ4n) is 3.22. The largest absolute Gasteiger partial charge is 0.472 e. The van der Waals surface area contributed by atoms with E-state index in [9.17, 15) is 14.7 Å². The summed E-state index contributed by atoms with van der Waals surface area (Å²) in [6.07, 6.45) is 0.0253. The summed E-state index contributed by atoms with van der Waals surface area (Å²) in [6.45, 7) is 4.86. The van der Waals surface area contributed by atoms with Crippen molar-refractivity contribution in [2.24, 2.45) is 5.41 Å².